The number of aromatic nitrogens is 3. The summed E-state index contributed by atoms with van der Waals surface area (Å²) >= 11 is 5.96. The van der Waals surface area contributed by atoms with Gasteiger partial charge in [-0.1, -0.05) is 11.6 Å². The highest BCUT2D eigenvalue weighted by atomic mass is 35.5. The van der Waals surface area contributed by atoms with E-state index in [0.29, 0.717) is 22.6 Å². The van der Waals surface area contributed by atoms with Crippen molar-refractivity contribution in [3.8, 4) is 0 Å². The van der Waals surface area contributed by atoms with E-state index >= 15 is 0 Å². The van der Waals surface area contributed by atoms with Gasteiger partial charge in [-0.25, -0.2) is 0 Å². The molecule has 0 fully saturated rings. The van der Waals surface area contributed by atoms with E-state index in [1.165, 1.54) is 10.8 Å². The van der Waals surface area contributed by atoms with Gasteiger partial charge < -0.3 is 14.5 Å². The van der Waals surface area contributed by atoms with Gasteiger partial charge in [-0.3, -0.25) is 14.6 Å². The third-order valence-electron chi connectivity index (χ3n) is 3.64. The molecule has 0 radical (unpaired) electrons. The van der Waals surface area contributed by atoms with Crippen LogP contribution in [-0.4, -0.2) is 20.0 Å². The summed E-state index contributed by atoms with van der Waals surface area (Å²) in [6, 6.07) is 5.29. The summed E-state index contributed by atoms with van der Waals surface area (Å²) in [5.41, 5.74) is 1.31. The molecule has 0 aliphatic heterocycles. The lowest BCUT2D eigenvalue weighted by Gasteiger charge is -2.08. The fraction of sp³-hybridized carbons (Fsp3) is 0.188. The molecular formula is C16H15ClN4O2. The van der Waals surface area contributed by atoms with Gasteiger partial charge in [0.1, 0.15) is 0 Å². The van der Waals surface area contributed by atoms with E-state index in [4.69, 9.17) is 11.6 Å². The van der Waals surface area contributed by atoms with Gasteiger partial charge in [0.05, 0.1) is 21.6 Å². The van der Waals surface area contributed by atoms with Crippen LogP contribution in [0.3, 0.4) is 0 Å². The van der Waals surface area contributed by atoms with Crippen LogP contribution in [0.15, 0.2) is 47.8 Å². The van der Waals surface area contributed by atoms with Crippen LogP contribution in [-0.2, 0) is 18.4 Å². The Morgan fingerprint density at radius 2 is 2.13 bits per heavy atom. The average molecular weight is 331 g/mol. The SMILES string of the molecule is Cn1ccc2c(ccn2CCC(=O)Nc2ccncc2Cl)c1=O. The summed E-state index contributed by atoms with van der Waals surface area (Å²) in [7, 11) is 1.71. The van der Waals surface area contributed by atoms with Crippen LogP contribution in [0, 0.1) is 0 Å². The Balaban J connectivity index is 1.71. The van der Waals surface area contributed by atoms with Gasteiger partial charge in [0.25, 0.3) is 5.56 Å². The van der Waals surface area contributed by atoms with E-state index in [-0.39, 0.29) is 17.9 Å². The van der Waals surface area contributed by atoms with Gasteiger partial charge in [-0.2, -0.15) is 0 Å². The highest BCUT2D eigenvalue weighted by molar-refractivity contribution is 6.33. The lowest BCUT2D eigenvalue weighted by molar-refractivity contribution is -0.116. The lowest BCUT2D eigenvalue weighted by Crippen LogP contribution is -2.16. The molecular weight excluding hydrogens is 316 g/mol. The zero-order chi connectivity index (χ0) is 16.4. The molecule has 0 aliphatic rings. The molecule has 3 aromatic heterocycles. The van der Waals surface area contributed by atoms with Gasteiger partial charge in [-0.05, 0) is 18.2 Å². The number of nitrogens with one attached hydrogen (secondary N) is 1. The largest absolute Gasteiger partial charge is 0.347 e. The molecule has 3 heterocycles. The van der Waals surface area contributed by atoms with Crippen molar-refractivity contribution >= 4 is 34.1 Å². The minimum atomic E-state index is -0.149. The molecule has 1 amide bonds. The van der Waals surface area contributed by atoms with Crippen LogP contribution >= 0.6 is 11.6 Å². The summed E-state index contributed by atoms with van der Waals surface area (Å²) in [6.45, 7) is 0.477. The summed E-state index contributed by atoms with van der Waals surface area (Å²) < 4.78 is 3.43. The standard InChI is InChI=1S/C16H15ClN4O2/c1-20-7-4-14-11(16(20)23)3-8-21(14)9-5-15(22)19-13-2-6-18-10-12(13)17/h2-4,6-8,10H,5,9H2,1H3,(H,18,19,22). The Kier molecular flexibility index (Phi) is 4.16. The van der Waals surface area contributed by atoms with Crippen molar-refractivity contribution in [3.63, 3.8) is 0 Å². The van der Waals surface area contributed by atoms with Crippen molar-refractivity contribution in [2.24, 2.45) is 7.05 Å². The quantitative estimate of drug-likeness (QED) is 0.798. The first-order valence-corrected chi connectivity index (χ1v) is 7.48. The third-order valence-corrected chi connectivity index (χ3v) is 3.94. The molecule has 0 aromatic carbocycles. The molecule has 0 atom stereocenters. The second-order valence-corrected chi connectivity index (χ2v) is 5.60. The Labute approximate surface area is 137 Å². The first-order chi connectivity index (χ1) is 11.1. The normalized spacial score (nSPS) is 10.9. The Hall–Kier alpha value is -2.60. The summed E-state index contributed by atoms with van der Waals surface area (Å²) in [5, 5.41) is 3.80. The number of hydrogen-bond acceptors (Lipinski definition) is 3. The number of carbonyl (C=O) groups excluding carboxylic acids is 1. The van der Waals surface area contributed by atoms with Gasteiger partial charge in [0, 0.05) is 44.8 Å². The fourth-order valence-electron chi connectivity index (χ4n) is 2.40. The number of amides is 1. The predicted octanol–water partition coefficient (Wildman–Crippen LogP) is 2.42. The maximum absolute atomic E-state index is 12.0. The van der Waals surface area contributed by atoms with E-state index in [0.717, 1.165) is 5.52 Å². The number of aryl methyl sites for hydroxylation is 2. The molecule has 0 saturated heterocycles. The molecule has 3 rings (SSSR count). The average Bonchev–Trinajstić information content (AvgIpc) is 2.95. The van der Waals surface area contributed by atoms with Crippen molar-refractivity contribution in [1.82, 2.24) is 14.1 Å². The molecule has 23 heavy (non-hydrogen) atoms. The van der Waals surface area contributed by atoms with Gasteiger partial charge in [-0.15, -0.1) is 0 Å². The van der Waals surface area contributed by atoms with Crippen molar-refractivity contribution in [3.05, 3.63) is 58.4 Å². The van der Waals surface area contributed by atoms with Gasteiger partial charge >= 0.3 is 0 Å². The second-order valence-electron chi connectivity index (χ2n) is 5.19. The molecule has 7 heteroatoms. The number of fused-ring (bicyclic) bond motifs is 1. The molecule has 0 bridgehead atoms. The highest BCUT2D eigenvalue weighted by Crippen LogP contribution is 2.19. The molecule has 0 saturated carbocycles. The lowest BCUT2D eigenvalue weighted by atomic mass is 10.3. The second kappa shape index (κ2) is 6.26. The topological polar surface area (TPSA) is 68.9 Å². The predicted molar refractivity (Wildman–Crippen MR) is 89.7 cm³/mol. The highest BCUT2D eigenvalue weighted by Gasteiger charge is 2.09. The number of halogens is 1. The smallest absolute Gasteiger partial charge is 0.259 e. The van der Waals surface area contributed by atoms with Crippen molar-refractivity contribution in [1.29, 1.82) is 0 Å². The van der Waals surface area contributed by atoms with Crippen LogP contribution in [0.1, 0.15) is 6.42 Å². The summed E-state index contributed by atoms with van der Waals surface area (Å²) in [5.74, 6) is -0.149. The Morgan fingerprint density at radius 1 is 1.30 bits per heavy atom. The third kappa shape index (κ3) is 3.12. The Morgan fingerprint density at radius 3 is 2.91 bits per heavy atom. The number of carbonyl (C=O) groups is 1. The number of pyridine rings is 2. The minimum Gasteiger partial charge on any atom is -0.347 e. The van der Waals surface area contributed by atoms with E-state index in [2.05, 4.69) is 10.3 Å². The molecule has 1 N–H and O–H groups in total. The molecule has 118 valence electrons. The number of rotatable bonds is 4. The first kappa shape index (κ1) is 15.3. The molecule has 0 aliphatic carbocycles. The van der Waals surface area contributed by atoms with Crippen molar-refractivity contribution in [2.45, 2.75) is 13.0 Å². The Bertz CT molecular complexity index is 929. The van der Waals surface area contributed by atoms with E-state index in [1.54, 1.807) is 31.6 Å². The summed E-state index contributed by atoms with van der Waals surface area (Å²) in [4.78, 5) is 27.9. The maximum Gasteiger partial charge on any atom is 0.259 e. The van der Waals surface area contributed by atoms with E-state index < -0.39 is 0 Å². The number of nitrogens with zero attached hydrogens (tertiary/aromatic N) is 3. The number of hydrogen-bond donors (Lipinski definition) is 1. The van der Waals surface area contributed by atoms with Crippen molar-refractivity contribution < 1.29 is 4.79 Å². The monoisotopic (exact) mass is 330 g/mol. The van der Waals surface area contributed by atoms with Crippen LogP contribution in [0.5, 0.6) is 0 Å². The van der Waals surface area contributed by atoms with Crippen LogP contribution in [0.4, 0.5) is 5.69 Å². The first-order valence-electron chi connectivity index (χ1n) is 7.10. The van der Waals surface area contributed by atoms with Crippen molar-refractivity contribution in [2.75, 3.05) is 5.32 Å². The molecule has 3 aromatic rings. The number of anilines is 1. The van der Waals surface area contributed by atoms with E-state index in [1.807, 2.05) is 16.8 Å². The van der Waals surface area contributed by atoms with Gasteiger partial charge in [0.15, 0.2) is 0 Å². The maximum atomic E-state index is 12.0. The molecule has 6 nitrogen and oxygen atoms in total. The molecule has 0 spiro atoms. The zero-order valence-electron chi connectivity index (χ0n) is 12.5. The van der Waals surface area contributed by atoms with Crippen LogP contribution in [0.2, 0.25) is 5.02 Å². The van der Waals surface area contributed by atoms with Gasteiger partial charge in [0.2, 0.25) is 5.91 Å². The summed E-state index contributed by atoms with van der Waals surface area (Å²) in [6.07, 6.45) is 6.86. The van der Waals surface area contributed by atoms with Crippen LogP contribution in [0.25, 0.3) is 10.9 Å². The van der Waals surface area contributed by atoms with E-state index in [9.17, 15) is 9.59 Å². The molecule has 0 unspecified atom stereocenters. The fourth-order valence-corrected chi connectivity index (χ4v) is 2.56. The minimum absolute atomic E-state index is 0.0470. The van der Waals surface area contributed by atoms with Crippen LogP contribution < -0.4 is 10.9 Å². The zero-order valence-corrected chi connectivity index (χ0v) is 13.2.